The number of ether oxygens (including phenoxy) is 1. The molecular weight excluding hydrogens is 292 g/mol. The molecule has 102 valence electrons. The van der Waals surface area contributed by atoms with Crippen LogP contribution in [-0.4, -0.2) is 33.4 Å². The van der Waals surface area contributed by atoms with Gasteiger partial charge in [-0.15, -0.1) is 0 Å². The van der Waals surface area contributed by atoms with Crippen LogP contribution in [0, 0.1) is 0 Å². The fourth-order valence-electron chi connectivity index (χ4n) is 1.80. The maximum Gasteiger partial charge on any atom is 0.0644 e. The molecule has 1 N–H and O–H groups in total. The third kappa shape index (κ3) is 4.96. The van der Waals surface area contributed by atoms with Gasteiger partial charge in [0.15, 0.2) is 0 Å². The summed E-state index contributed by atoms with van der Waals surface area (Å²) >= 11 is 3.52. The van der Waals surface area contributed by atoms with Crippen LogP contribution in [0.4, 0.5) is 5.69 Å². The van der Waals surface area contributed by atoms with Crippen LogP contribution in [-0.2, 0) is 11.3 Å². The summed E-state index contributed by atoms with van der Waals surface area (Å²) in [5.74, 6) is 0. The van der Waals surface area contributed by atoms with Gasteiger partial charge in [0, 0.05) is 30.3 Å². The summed E-state index contributed by atoms with van der Waals surface area (Å²) in [5.41, 5.74) is 2.54. The molecule has 0 radical (unpaired) electrons. The van der Waals surface area contributed by atoms with Crippen LogP contribution < -0.4 is 10.2 Å². The Bertz CT molecular complexity index is 369. The van der Waals surface area contributed by atoms with Crippen LogP contribution >= 0.6 is 15.9 Å². The van der Waals surface area contributed by atoms with E-state index in [0.717, 1.165) is 24.2 Å². The lowest BCUT2D eigenvalue weighted by Gasteiger charge is -2.23. The van der Waals surface area contributed by atoms with Crippen molar-refractivity contribution < 1.29 is 4.74 Å². The molecule has 0 heterocycles. The topological polar surface area (TPSA) is 24.5 Å². The number of anilines is 1. The maximum absolute atomic E-state index is 5.59. The Labute approximate surface area is 119 Å². The van der Waals surface area contributed by atoms with Gasteiger partial charge in [0.2, 0.25) is 0 Å². The van der Waals surface area contributed by atoms with Crippen LogP contribution in [0.2, 0.25) is 0 Å². The molecular formula is C14H23BrN2O. The highest BCUT2D eigenvalue weighted by Gasteiger charge is 2.07. The quantitative estimate of drug-likeness (QED) is 0.837. The molecule has 0 aliphatic rings. The summed E-state index contributed by atoms with van der Waals surface area (Å²) in [6, 6.07) is 6.38. The lowest BCUT2D eigenvalue weighted by molar-refractivity contribution is 0.0846. The second kappa shape index (κ2) is 7.77. The van der Waals surface area contributed by atoms with Gasteiger partial charge in [-0.05, 0) is 44.7 Å². The summed E-state index contributed by atoms with van der Waals surface area (Å²) in [7, 11) is 4.07. The minimum Gasteiger partial charge on any atom is -0.377 e. The number of benzene rings is 1. The molecule has 3 nitrogen and oxygen atoms in total. The van der Waals surface area contributed by atoms with E-state index in [1.165, 1.54) is 11.3 Å². The van der Waals surface area contributed by atoms with Crippen LogP contribution in [0.15, 0.2) is 22.7 Å². The largest absolute Gasteiger partial charge is 0.377 e. The van der Waals surface area contributed by atoms with Crippen LogP contribution in [0.5, 0.6) is 0 Å². The maximum atomic E-state index is 5.59. The number of nitrogens with one attached hydrogen (secondary N) is 1. The van der Waals surface area contributed by atoms with Crippen molar-refractivity contribution >= 4 is 21.6 Å². The van der Waals surface area contributed by atoms with Gasteiger partial charge >= 0.3 is 0 Å². The molecule has 0 saturated heterocycles. The predicted molar refractivity (Wildman–Crippen MR) is 81.3 cm³/mol. The van der Waals surface area contributed by atoms with E-state index in [4.69, 9.17) is 4.74 Å². The summed E-state index contributed by atoms with van der Waals surface area (Å²) in [6.07, 6.45) is 0.292. The molecule has 1 rings (SSSR count). The van der Waals surface area contributed by atoms with Crippen molar-refractivity contribution in [3.8, 4) is 0 Å². The zero-order chi connectivity index (χ0) is 13.5. The summed E-state index contributed by atoms with van der Waals surface area (Å²) in [4.78, 5) is 2.24. The Morgan fingerprint density at radius 2 is 2.11 bits per heavy atom. The van der Waals surface area contributed by atoms with Crippen molar-refractivity contribution in [2.24, 2.45) is 0 Å². The van der Waals surface area contributed by atoms with Crippen LogP contribution in [0.3, 0.4) is 0 Å². The molecule has 0 aromatic heterocycles. The molecule has 0 amide bonds. The number of hydrogen-bond donors (Lipinski definition) is 1. The van der Waals surface area contributed by atoms with Crippen molar-refractivity contribution in [3.05, 3.63) is 28.2 Å². The van der Waals surface area contributed by atoms with E-state index < -0.39 is 0 Å². The van der Waals surface area contributed by atoms with E-state index in [1.807, 2.05) is 7.05 Å². The highest BCUT2D eigenvalue weighted by Crippen LogP contribution is 2.23. The molecule has 4 heteroatoms. The van der Waals surface area contributed by atoms with Crippen molar-refractivity contribution in [3.63, 3.8) is 0 Å². The number of rotatable bonds is 7. The Balaban J connectivity index is 2.68. The second-order valence-corrected chi connectivity index (χ2v) is 5.56. The lowest BCUT2D eigenvalue weighted by atomic mass is 10.1. The minimum absolute atomic E-state index is 0.292. The highest BCUT2D eigenvalue weighted by molar-refractivity contribution is 9.10. The molecule has 0 aliphatic heterocycles. The van der Waals surface area contributed by atoms with Crippen LogP contribution in [0.25, 0.3) is 0 Å². The van der Waals surface area contributed by atoms with Gasteiger partial charge in [-0.1, -0.05) is 15.9 Å². The van der Waals surface area contributed by atoms with E-state index in [2.05, 4.69) is 65.2 Å². The van der Waals surface area contributed by atoms with Crippen molar-refractivity contribution in [1.82, 2.24) is 5.32 Å². The Kier molecular flexibility index (Phi) is 6.68. The first kappa shape index (κ1) is 15.5. The normalized spacial score (nSPS) is 11.0. The Morgan fingerprint density at radius 1 is 1.39 bits per heavy atom. The minimum atomic E-state index is 0.292. The van der Waals surface area contributed by atoms with Gasteiger partial charge in [-0.25, -0.2) is 0 Å². The molecule has 0 spiro atoms. The third-order valence-electron chi connectivity index (χ3n) is 2.70. The average Bonchev–Trinajstić information content (AvgIpc) is 2.29. The molecule has 0 aliphatic carbocycles. The van der Waals surface area contributed by atoms with E-state index >= 15 is 0 Å². The SMILES string of the molecule is CNCc1cc(Br)ccc1N(C)CCOC(C)C. The van der Waals surface area contributed by atoms with Crippen LogP contribution in [0.1, 0.15) is 19.4 Å². The summed E-state index contributed by atoms with van der Waals surface area (Å²) in [6.45, 7) is 6.64. The van der Waals surface area contributed by atoms with Gasteiger partial charge in [-0.3, -0.25) is 0 Å². The highest BCUT2D eigenvalue weighted by atomic mass is 79.9. The van der Waals surface area contributed by atoms with Gasteiger partial charge in [0.05, 0.1) is 12.7 Å². The van der Waals surface area contributed by atoms with Crippen molar-refractivity contribution in [2.75, 3.05) is 32.1 Å². The predicted octanol–water partition coefficient (Wildman–Crippen LogP) is 3.03. The molecule has 1 aromatic carbocycles. The fourth-order valence-corrected chi connectivity index (χ4v) is 2.21. The van der Waals surface area contributed by atoms with E-state index in [0.29, 0.717) is 6.10 Å². The molecule has 0 atom stereocenters. The van der Waals surface area contributed by atoms with Crippen molar-refractivity contribution in [1.29, 1.82) is 0 Å². The van der Waals surface area contributed by atoms with Gasteiger partial charge in [0.25, 0.3) is 0 Å². The molecule has 0 fully saturated rings. The third-order valence-corrected chi connectivity index (χ3v) is 3.19. The fraction of sp³-hybridized carbons (Fsp3) is 0.571. The van der Waals surface area contributed by atoms with Gasteiger partial charge in [0.1, 0.15) is 0 Å². The molecule has 1 aromatic rings. The number of halogens is 1. The lowest BCUT2D eigenvalue weighted by Crippen LogP contribution is -2.25. The first-order valence-corrected chi connectivity index (χ1v) is 7.09. The van der Waals surface area contributed by atoms with E-state index in [-0.39, 0.29) is 0 Å². The summed E-state index contributed by atoms with van der Waals surface area (Å²) in [5, 5.41) is 3.20. The molecule has 0 saturated carbocycles. The average molecular weight is 315 g/mol. The van der Waals surface area contributed by atoms with E-state index in [9.17, 15) is 0 Å². The molecule has 18 heavy (non-hydrogen) atoms. The Morgan fingerprint density at radius 3 is 2.72 bits per heavy atom. The zero-order valence-electron chi connectivity index (χ0n) is 11.7. The first-order valence-electron chi connectivity index (χ1n) is 6.30. The molecule has 0 unspecified atom stereocenters. The zero-order valence-corrected chi connectivity index (χ0v) is 13.3. The summed E-state index contributed by atoms with van der Waals surface area (Å²) < 4.78 is 6.71. The monoisotopic (exact) mass is 314 g/mol. The van der Waals surface area contributed by atoms with E-state index in [1.54, 1.807) is 0 Å². The number of nitrogens with zero attached hydrogens (tertiary/aromatic N) is 1. The molecule has 0 bridgehead atoms. The first-order chi connectivity index (χ1) is 8.54. The van der Waals surface area contributed by atoms with Crippen molar-refractivity contribution in [2.45, 2.75) is 26.5 Å². The van der Waals surface area contributed by atoms with Gasteiger partial charge in [-0.2, -0.15) is 0 Å². The Hall–Kier alpha value is -0.580. The number of hydrogen-bond acceptors (Lipinski definition) is 3. The number of likely N-dealkylation sites (N-methyl/N-ethyl adjacent to an activating group) is 1. The second-order valence-electron chi connectivity index (χ2n) is 4.64. The standard InChI is InChI=1S/C14H23BrN2O/c1-11(2)18-8-7-17(4)14-6-5-13(15)9-12(14)10-16-3/h5-6,9,11,16H,7-8,10H2,1-4H3. The smallest absolute Gasteiger partial charge is 0.0644 e. The van der Waals surface area contributed by atoms with Gasteiger partial charge < -0.3 is 15.0 Å².